The summed E-state index contributed by atoms with van der Waals surface area (Å²) in [4.78, 5) is 10.6. The lowest BCUT2D eigenvalue weighted by molar-refractivity contribution is -0.138. The van der Waals surface area contributed by atoms with E-state index in [1.165, 1.54) is 24.3 Å². The summed E-state index contributed by atoms with van der Waals surface area (Å²) in [6.07, 6.45) is -4.95. The van der Waals surface area contributed by atoms with Gasteiger partial charge < -0.3 is 10.3 Å². The Morgan fingerprint density at radius 3 is 2.08 bits per heavy atom. The highest BCUT2D eigenvalue weighted by molar-refractivity contribution is 6.01. The minimum atomic E-state index is -4.45. The van der Waals surface area contributed by atoms with Gasteiger partial charge in [0, 0.05) is 12.0 Å². The average molecular weight is 355 g/mol. The van der Waals surface area contributed by atoms with Crippen LogP contribution in [-0.2, 0) is 11.0 Å². The van der Waals surface area contributed by atoms with Gasteiger partial charge in [-0.2, -0.15) is 13.2 Å². The van der Waals surface area contributed by atoms with Crippen LogP contribution in [0.3, 0.4) is 0 Å². The number of hydrogen-bond donors (Lipinski definition) is 2. The SMILES string of the molecule is O=C(O)CCC(=NO)c1ccc(-c2ccc(C(F)(F)F)cc2)cc1F. The lowest BCUT2D eigenvalue weighted by Gasteiger charge is -2.10. The Bertz CT molecular complexity index is 799. The molecule has 0 aliphatic carbocycles. The third-order valence-electron chi connectivity index (χ3n) is 3.52. The van der Waals surface area contributed by atoms with Gasteiger partial charge in [-0.1, -0.05) is 23.4 Å². The predicted molar refractivity (Wildman–Crippen MR) is 82.0 cm³/mol. The predicted octanol–water partition coefficient (Wildman–Crippen LogP) is 4.55. The van der Waals surface area contributed by atoms with Crippen LogP contribution >= 0.6 is 0 Å². The van der Waals surface area contributed by atoms with Gasteiger partial charge in [-0.25, -0.2) is 4.39 Å². The first kappa shape index (κ1) is 18.4. The second-order valence-electron chi connectivity index (χ2n) is 5.21. The van der Waals surface area contributed by atoms with E-state index in [-0.39, 0.29) is 24.1 Å². The van der Waals surface area contributed by atoms with E-state index in [0.29, 0.717) is 11.1 Å². The Kier molecular flexibility index (Phi) is 5.41. The fraction of sp³-hybridized carbons (Fsp3) is 0.176. The first-order valence-electron chi connectivity index (χ1n) is 7.12. The third kappa shape index (κ3) is 4.56. The van der Waals surface area contributed by atoms with Crippen molar-refractivity contribution in [2.45, 2.75) is 19.0 Å². The van der Waals surface area contributed by atoms with Crippen molar-refractivity contribution < 1.29 is 32.7 Å². The Morgan fingerprint density at radius 2 is 1.60 bits per heavy atom. The van der Waals surface area contributed by atoms with Crippen molar-refractivity contribution in [2.75, 3.05) is 0 Å². The second kappa shape index (κ2) is 7.33. The smallest absolute Gasteiger partial charge is 0.416 e. The van der Waals surface area contributed by atoms with Crippen molar-refractivity contribution in [1.29, 1.82) is 0 Å². The van der Waals surface area contributed by atoms with E-state index >= 15 is 0 Å². The Morgan fingerprint density at radius 1 is 1.00 bits per heavy atom. The zero-order valence-corrected chi connectivity index (χ0v) is 12.7. The van der Waals surface area contributed by atoms with Crippen LogP contribution in [0.1, 0.15) is 24.0 Å². The highest BCUT2D eigenvalue weighted by Crippen LogP contribution is 2.31. The molecule has 0 fully saturated rings. The molecule has 0 aliphatic heterocycles. The summed E-state index contributed by atoms with van der Waals surface area (Å²) < 4.78 is 51.9. The van der Waals surface area contributed by atoms with E-state index < -0.39 is 23.5 Å². The van der Waals surface area contributed by atoms with Crippen LogP contribution in [0.2, 0.25) is 0 Å². The molecule has 132 valence electrons. The van der Waals surface area contributed by atoms with Gasteiger partial charge in [0.25, 0.3) is 0 Å². The summed E-state index contributed by atoms with van der Waals surface area (Å²) in [5.74, 6) is -1.89. The van der Waals surface area contributed by atoms with E-state index in [9.17, 15) is 22.4 Å². The van der Waals surface area contributed by atoms with Crippen molar-refractivity contribution in [1.82, 2.24) is 0 Å². The molecule has 0 spiro atoms. The first-order valence-corrected chi connectivity index (χ1v) is 7.12. The minimum Gasteiger partial charge on any atom is -0.481 e. The molecule has 0 heterocycles. The molecule has 2 aromatic rings. The normalized spacial score (nSPS) is 12.2. The Balaban J connectivity index is 2.28. The zero-order valence-electron chi connectivity index (χ0n) is 12.7. The Labute approximate surface area is 140 Å². The van der Waals surface area contributed by atoms with Crippen LogP contribution < -0.4 is 0 Å². The number of hydrogen-bond acceptors (Lipinski definition) is 3. The van der Waals surface area contributed by atoms with Crippen molar-refractivity contribution in [3.63, 3.8) is 0 Å². The van der Waals surface area contributed by atoms with Gasteiger partial charge >= 0.3 is 12.1 Å². The number of halogens is 4. The first-order chi connectivity index (χ1) is 11.7. The number of benzene rings is 2. The molecular formula is C17H13F4NO3. The highest BCUT2D eigenvalue weighted by atomic mass is 19.4. The number of oxime groups is 1. The molecule has 0 aliphatic rings. The molecule has 0 atom stereocenters. The number of carboxylic acid groups (broad SMARTS) is 1. The van der Waals surface area contributed by atoms with Gasteiger partial charge in [0.15, 0.2) is 0 Å². The maximum atomic E-state index is 14.2. The van der Waals surface area contributed by atoms with E-state index in [1.807, 2.05) is 0 Å². The van der Waals surface area contributed by atoms with Crippen molar-refractivity contribution in [3.8, 4) is 11.1 Å². The molecule has 4 nitrogen and oxygen atoms in total. The lowest BCUT2D eigenvalue weighted by atomic mass is 9.99. The van der Waals surface area contributed by atoms with Gasteiger partial charge in [-0.15, -0.1) is 0 Å². The van der Waals surface area contributed by atoms with Crippen molar-refractivity contribution in [2.24, 2.45) is 5.16 Å². The molecule has 2 aromatic carbocycles. The summed E-state index contributed by atoms with van der Waals surface area (Å²) in [6, 6.07) is 8.07. The molecule has 25 heavy (non-hydrogen) atoms. The summed E-state index contributed by atoms with van der Waals surface area (Å²) in [5, 5.41) is 20.5. The number of carboxylic acids is 1. The molecule has 0 aromatic heterocycles. The van der Waals surface area contributed by atoms with Crippen LogP contribution in [0.15, 0.2) is 47.6 Å². The van der Waals surface area contributed by atoms with Crippen molar-refractivity contribution in [3.05, 3.63) is 59.4 Å². The van der Waals surface area contributed by atoms with Crippen LogP contribution in [-0.4, -0.2) is 22.0 Å². The maximum absolute atomic E-state index is 14.2. The van der Waals surface area contributed by atoms with Gasteiger partial charge in [-0.3, -0.25) is 4.79 Å². The van der Waals surface area contributed by atoms with Crippen LogP contribution in [0.4, 0.5) is 17.6 Å². The van der Waals surface area contributed by atoms with E-state index in [4.69, 9.17) is 10.3 Å². The van der Waals surface area contributed by atoms with Gasteiger partial charge in [0.05, 0.1) is 17.7 Å². The monoisotopic (exact) mass is 355 g/mol. The zero-order chi connectivity index (χ0) is 18.6. The van der Waals surface area contributed by atoms with Crippen LogP contribution in [0.25, 0.3) is 11.1 Å². The summed E-state index contributed by atoms with van der Waals surface area (Å²) in [7, 11) is 0. The van der Waals surface area contributed by atoms with Gasteiger partial charge in [0.1, 0.15) is 5.82 Å². The molecule has 2 rings (SSSR count). The average Bonchev–Trinajstić information content (AvgIpc) is 2.55. The number of nitrogens with zero attached hydrogens (tertiary/aromatic N) is 1. The molecule has 0 radical (unpaired) electrons. The Hall–Kier alpha value is -2.90. The van der Waals surface area contributed by atoms with Crippen molar-refractivity contribution >= 4 is 11.7 Å². The molecule has 0 bridgehead atoms. The number of rotatable bonds is 5. The summed E-state index contributed by atoms with van der Waals surface area (Å²) >= 11 is 0. The third-order valence-corrected chi connectivity index (χ3v) is 3.52. The van der Waals surface area contributed by atoms with E-state index in [0.717, 1.165) is 18.2 Å². The lowest BCUT2D eigenvalue weighted by Crippen LogP contribution is -2.07. The fourth-order valence-corrected chi connectivity index (χ4v) is 2.24. The topological polar surface area (TPSA) is 69.9 Å². The van der Waals surface area contributed by atoms with Crippen LogP contribution in [0.5, 0.6) is 0 Å². The summed E-state index contributed by atoms with van der Waals surface area (Å²) in [5.41, 5.74) is -0.285. The number of alkyl halides is 3. The second-order valence-corrected chi connectivity index (χ2v) is 5.21. The molecule has 0 amide bonds. The summed E-state index contributed by atoms with van der Waals surface area (Å²) in [6.45, 7) is 0. The molecule has 8 heteroatoms. The molecule has 0 saturated heterocycles. The highest BCUT2D eigenvalue weighted by Gasteiger charge is 2.30. The van der Waals surface area contributed by atoms with Gasteiger partial charge in [0.2, 0.25) is 0 Å². The van der Waals surface area contributed by atoms with E-state index in [1.54, 1.807) is 0 Å². The van der Waals surface area contributed by atoms with E-state index in [2.05, 4.69) is 5.16 Å². The molecule has 0 unspecified atom stereocenters. The molecule has 2 N–H and O–H groups in total. The standard InChI is InChI=1S/C17H13F4NO3/c18-14-9-11(10-1-4-12(5-2-10)17(19,20)21)3-6-13(14)15(22-25)7-8-16(23)24/h1-6,9,25H,7-8H2,(H,23,24). The molecular weight excluding hydrogens is 342 g/mol. The minimum absolute atomic E-state index is 0.0700. The number of carbonyl (C=O) groups is 1. The van der Waals surface area contributed by atoms with Crippen LogP contribution in [0, 0.1) is 5.82 Å². The van der Waals surface area contributed by atoms with Gasteiger partial charge in [-0.05, 0) is 35.4 Å². The largest absolute Gasteiger partial charge is 0.481 e. The molecule has 0 saturated carbocycles. The number of aliphatic carboxylic acids is 1. The quantitative estimate of drug-likeness (QED) is 0.358. The fourth-order valence-electron chi connectivity index (χ4n) is 2.24. The maximum Gasteiger partial charge on any atom is 0.416 e.